The number of ether oxygens (including phenoxy) is 7. The van der Waals surface area contributed by atoms with Crippen LogP contribution >= 0.6 is 0 Å². The summed E-state index contributed by atoms with van der Waals surface area (Å²) in [4.78, 5) is 85.6. The molecule has 0 amide bonds. The van der Waals surface area contributed by atoms with E-state index in [2.05, 4.69) is 53.7 Å². The molecule has 1 aliphatic heterocycles. The Labute approximate surface area is 564 Å². The molecule has 97 heavy (non-hydrogen) atoms. The molecule has 0 aromatic rings. The fourth-order valence-electron chi connectivity index (χ4n) is 9.01. The average Bonchev–Trinajstić information content (AvgIpc) is 0.806. The zero-order valence-electron chi connectivity index (χ0n) is 55.1. The van der Waals surface area contributed by atoms with Gasteiger partial charge in [-0.15, -0.1) is 0 Å². The van der Waals surface area contributed by atoms with E-state index < -0.39 is 194 Å². The van der Waals surface area contributed by atoms with E-state index in [9.17, 15) is 84.9 Å². The fourth-order valence-corrected chi connectivity index (χ4v) is 9.01. The van der Waals surface area contributed by atoms with Gasteiger partial charge in [-0.05, 0) is 84.2 Å². The second kappa shape index (κ2) is 59.8. The van der Waals surface area contributed by atoms with Crippen LogP contribution < -0.4 is 65.1 Å². The molecular weight excluding hydrogens is 1300 g/mol. The van der Waals surface area contributed by atoms with Gasteiger partial charge < -0.3 is 158 Å². The minimum absolute atomic E-state index is 0.142. The van der Waals surface area contributed by atoms with Crippen molar-refractivity contribution >= 4 is 36.8 Å². The zero-order valence-corrected chi connectivity index (χ0v) is 55.1. The van der Waals surface area contributed by atoms with Crippen LogP contribution in [0.3, 0.4) is 0 Å². The number of rotatable bonds is 71. The number of carbonyl (C=O) groups excluding carboxylic acids is 3. The number of aliphatic hydroxyl groups is 9. The van der Waals surface area contributed by atoms with Gasteiger partial charge in [0.1, 0.15) is 79.9 Å². The molecule has 0 bridgehead atoms. The van der Waals surface area contributed by atoms with Crippen LogP contribution in [0.4, 0.5) is 0 Å². The molecule has 1 heterocycles. The van der Waals surface area contributed by atoms with Crippen LogP contribution in [-0.2, 0) is 76.4 Å². The van der Waals surface area contributed by atoms with Crippen LogP contribution in [-0.4, -0.2) is 354 Å². The van der Waals surface area contributed by atoms with Crippen molar-refractivity contribution in [2.24, 2.45) is 11.5 Å². The van der Waals surface area contributed by atoms with Crippen molar-refractivity contribution in [2.75, 3.05) is 151 Å². The lowest BCUT2D eigenvalue weighted by atomic mass is 9.98. The summed E-state index contributed by atoms with van der Waals surface area (Å²) in [6.07, 6.45) is -20.2. The number of aliphatic hydroxyl groups excluding tert-OH is 9. The number of carboxylic acids is 3. The van der Waals surface area contributed by atoms with Gasteiger partial charge in [0, 0.05) is 78.3 Å². The number of aldehydes is 3. The van der Waals surface area contributed by atoms with E-state index >= 15 is 0 Å². The number of carbonyl (C=O) groups is 6. The predicted octanol–water partition coefficient (Wildman–Crippen LogP) is -10.1. The number of aliphatic carboxylic acids is 3. The fraction of sp³-hybridized carbons (Fsp3) is 0.895. The molecule has 0 aromatic carbocycles. The lowest BCUT2D eigenvalue weighted by Gasteiger charge is -2.44. The Bertz CT molecular complexity index is 1970. The van der Waals surface area contributed by atoms with E-state index in [1.54, 1.807) is 0 Å². The number of hydrogen-bond acceptors (Lipinski definition) is 37. The summed E-state index contributed by atoms with van der Waals surface area (Å²) in [7, 11) is 0. The van der Waals surface area contributed by atoms with E-state index in [0.717, 1.165) is 38.9 Å². The number of unbranched alkanes of at least 4 members (excludes halogenated alkanes) is 2. The van der Waals surface area contributed by atoms with Crippen molar-refractivity contribution in [3.8, 4) is 0 Å². The smallest absolute Gasteiger partial charge is 0.303 e. The first-order valence-corrected chi connectivity index (χ1v) is 32.7. The number of hydroxylamine groups is 3. The van der Waals surface area contributed by atoms with E-state index in [-0.39, 0.29) is 32.4 Å². The van der Waals surface area contributed by atoms with Gasteiger partial charge in [-0.1, -0.05) is 6.42 Å². The maximum atomic E-state index is 11.9. The standard InChI is InChI=1S/C57H114N12O28/c58-12-20-61-15-3-1-2-14-60-16-4-18-64-25-51(92-47(36-88-67-38(26-70)6-9-48(80)81)45(32-76)96-68-39(27-71)7-10-49(82)83)95-56-46(33-77)94-57(55(87)54(56)86)93-44(31-75)43(30-74)90-52(34-78)89-41(24-63-17-5-19-65-37-66-23-22-62-21-13-59)42(29-73)91-53(35-79)97-69-40(28-72)8-11-50(84)85/h26-28,38-47,51-57,60-69,73-79,86-87H,1-25,29-37,58-59H2,(H,80,81)(H,82,83)(H,84,85)/t38-,39-,40-,41?,42?,43?,44?,45?,46?,47?,51?,52?,53?,54?,55?,56?,57?/m0/s1. The first-order valence-electron chi connectivity index (χ1n) is 32.7. The molecule has 40 heteroatoms. The quantitative estimate of drug-likeness (QED) is 0.0116. The molecule has 1 rings (SSSR count). The molecule has 1 aliphatic rings. The Balaban J connectivity index is 3.52. The van der Waals surface area contributed by atoms with E-state index in [0.29, 0.717) is 97.3 Å². The van der Waals surface area contributed by atoms with Gasteiger partial charge in [0.05, 0.1) is 71.0 Å². The molecule has 40 nitrogen and oxygen atoms in total. The number of hydrogen-bond donors (Lipinski definition) is 24. The second-order valence-electron chi connectivity index (χ2n) is 22.2. The highest BCUT2D eigenvalue weighted by Gasteiger charge is 2.48. The third-order valence-corrected chi connectivity index (χ3v) is 14.4. The van der Waals surface area contributed by atoms with Crippen LogP contribution in [0.5, 0.6) is 0 Å². The summed E-state index contributed by atoms with van der Waals surface area (Å²) >= 11 is 0. The molecule has 570 valence electrons. The Morgan fingerprint density at radius 2 is 0.897 bits per heavy atom. The Morgan fingerprint density at radius 1 is 0.443 bits per heavy atom. The van der Waals surface area contributed by atoms with E-state index in [1.807, 2.05) is 0 Å². The number of nitrogens with one attached hydrogen (secondary N) is 10. The van der Waals surface area contributed by atoms with E-state index in [1.165, 1.54) is 0 Å². The van der Waals surface area contributed by atoms with Crippen molar-refractivity contribution in [2.45, 2.75) is 175 Å². The van der Waals surface area contributed by atoms with Gasteiger partial charge in [0.15, 0.2) is 18.9 Å². The zero-order chi connectivity index (χ0) is 71.9. The Kier molecular flexibility index (Phi) is 56.2. The molecule has 0 saturated carbocycles. The van der Waals surface area contributed by atoms with Crippen molar-refractivity contribution in [3.05, 3.63) is 0 Å². The molecule has 14 unspecified atom stereocenters. The van der Waals surface area contributed by atoms with Gasteiger partial charge in [-0.3, -0.25) is 28.9 Å². The van der Waals surface area contributed by atoms with Gasteiger partial charge >= 0.3 is 17.9 Å². The van der Waals surface area contributed by atoms with Crippen LogP contribution in [0.2, 0.25) is 0 Å². The molecule has 17 atom stereocenters. The Hall–Kier alpha value is -3.82. The molecule has 1 saturated heterocycles. The Morgan fingerprint density at radius 3 is 1.43 bits per heavy atom. The maximum absolute atomic E-state index is 11.9. The topological polar surface area (TPSA) is 610 Å². The summed E-state index contributed by atoms with van der Waals surface area (Å²) in [5.41, 5.74) is 18.1. The largest absolute Gasteiger partial charge is 0.481 e. The monoisotopic (exact) mass is 1410 g/mol. The third-order valence-electron chi connectivity index (χ3n) is 14.4. The highest BCUT2D eigenvalue weighted by Crippen LogP contribution is 2.28. The molecule has 0 spiro atoms. The second-order valence-corrected chi connectivity index (χ2v) is 22.2. The van der Waals surface area contributed by atoms with Crippen LogP contribution in [0.25, 0.3) is 0 Å². The SMILES string of the molecule is NCCNCCCCCNCCCNCC(OC(CON[C@H](C=O)CCC(=O)O)C(CO)ON[C@H](C=O)CCC(=O)O)OC1C(CO)OC(OC(CO)C(CO)OC(CO)OC(CNCCCNCNCCNCCN)C(CO)OC(CO)ON[C@H](C=O)CCC(=O)O)C(O)C1O. The van der Waals surface area contributed by atoms with Crippen molar-refractivity contribution < 1.29 is 138 Å². The normalized spacial score (nSPS) is 20.4. The summed E-state index contributed by atoms with van der Waals surface area (Å²) in [6.45, 7) is 0.298. The summed E-state index contributed by atoms with van der Waals surface area (Å²) in [5.74, 6) is -3.62. The minimum atomic E-state index is -2.10. The first-order chi connectivity index (χ1) is 47.0. The average molecular weight is 1420 g/mol. The molecule has 26 N–H and O–H groups in total. The van der Waals surface area contributed by atoms with E-state index in [4.69, 9.17) is 64.2 Å². The van der Waals surface area contributed by atoms with Gasteiger partial charge in [-0.25, -0.2) is 0 Å². The van der Waals surface area contributed by atoms with Crippen molar-refractivity contribution in [1.82, 2.24) is 53.7 Å². The summed E-state index contributed by atoms with van der Waals surface area (Å²) in [6, 6.07) is -3.51. The molecule has 1 fully saturated rings. The van der Waals surface area contributed by atoms with Crippen LogP contribution in [0, 0.1) is 0 Å². The van der Waals surface area contributed by atoms with Gasteiger partial charge in [0.2, 0.25) is 6.29 Å². The predicted molar refractivity (Wildman–Crippen MR) is 339 cm³/mol. The molecular formula is C57H114N12O28. The van der Waals surface area contributed by atoms with Gasteiger partial charge in [0.25, 0.3) is 0 Å². The third kappa shape index (κ3) is 42.9. The number of nitrogens with two attached hydrogens (primary N) is 2. The highest BCUT2D eigenvalue weighted by atomic mass is 16.8. The lowest BCUT2D eigenvalue weighted by molar-refractivity contribution is -0.349. The maximum Gasteiger partial charge on any atom is 0.303 e. The van der Waals surface area contributed by atoms with Gasteiger partial charge in [-0.2, -0.15) is 16.4 Å². The summed E-state index contributed by atoms with van der Waals surface area (Å²) in [5, 5.41) is 148. The van der Waals surface area contributed by atoms with Crippen molar-refractivity contribution in [1.29, 1.82) is 0 Å². The summed E-state index contributed by atoms with van der Waals surface area (Å²) < 4.78 is 42.3. The van der Waals surface area contributed by atoms with Crippen molar-refractivity contribution in [3.63, 3.8) is 0 Å². The molecule has 0 aliphatic carbocycles. The van der Waals surface area contributed by atoms with Crippen LogP contribution in [0.15, 0.2) is 0 Å². The first kappa shape index (κ1) is 91.2. The molecule has 0 radical (unpaired) electrons. The molecule has 0 aromatic heterocycles. The van der Waals surface area contributed by atoms with Crippen LogP contribution in [0.1, 0.15) is 70.6 Å². The number of carboxylic acid groups (broad SMARTS) is 3. The lowest BCUT2D eigenvalue weighted by Crippen LogP contribution is -2.62. The highest BCUT2D eigenvalue weighted by molar-refractivity contribution is 5.69. The minimum Gasteiger partial charge on any atom is -0.481 e.